The Kier molecular flexibility index (Phi) is 6.22. The molecule has 1 aromatic carbocycles. The van der Waals surface area contributed by atoms with E-state index in [1.807, 2.05) is 19.2 Å². The smallest absolute Gasteiger partial charge is 0.262 e. The van der Waals surface area contributed by atoms with Gasteiger partial charge in [0.15, 0.2) is 0 Å². The maximum absolute atomic E-state index is 13.5. The molecule has 2 aromatic rings. The number of rotatable bonds is 6. The third-order valence-electron chi connectivity index (χ3n) is 5.72. The van der Waals surface area contributed by atoms with Crippen LogP contribution in [0.3, 0.4) is 0 Å². The standard InChI is InChI=1S/C22H25N5O3S/c1-15-13-19(24-14-23-15)25-8-10-26(11-9-25)22(30)18(7-12-31-2)27-20(28)16-5-3-4-6-17(16)21(27)29/h3-6,13-14,18H,7-12H2,1-2H3. The molecule has 0 N–H and O–H groups in total. The molecule has 1 aromatic heterocycles. The lowest BCUT2D eigenvalue weighted by Crippen LogP contribution is -2.56. The molecule has 0 aliphatic carbocycles. The summed E-state index contributed by atoms with van der Waals surface area (Å²) in [6.45, 7) is 4.23. The van der Waals surface area contributed by atoms with Gasteiger partial charge in [0, 0.05) is 37.9 Å². The summed E-state index contributed by atoms with van der Waals surface area (Å²) in [5.41, 5.74) is 1.64. The van der Waals surface area contributed by atoms with E-state index in [1.165, 1.54) is 4.90 Å². The minimum absolute atomic E-state index is 0.165. The van der Waals surface area contributed by atoms with Crippen LogP contribution in [0, 0.1) is 6.92 Å². The Balaban J connectivity index is 1.50. The number of thioether (sulfide) groups is 1. The molecule has 1 atom stereocenters. The summed E-state index contributed by atoms with van der Waals surface area (Å²) in [5.74, 6) is 0.607. The van der Waals surface area contributed by atoms with Crippen LogP contribution in [0.5, 0.6) is 0 Å². The number of benzene rings is 1. The highest BCUT2D eigenvalue weighted by Gasteiger charge is 2.43. The summed E-state index contributed by atoms with van der Waals surface area (Å²) in [6.07, 6.45) is 3.94. The van der Waals surface area contributed by atoms with Crippen molar-refractivity contribution in [3.05, 3.63) is 53.5 Å². The van der Waals surface area contributed by atoms with E-state index in [1.54, 1.807) is 47.3 Å². The van der Waals surface area contributed by atoms with Crippen LogP contribution >= 0.6 is 11.8 Å². The summed E-state index contributed by atoms with van der Waals surface area (Å²) in [6, 6.07) is 7.91. The number of amides is 3. The molecule has 9 heteroatoms. The second kappa shape index (κ2) is 9.05. The molecule has 0 spiro atoms. The molecule has 2 aliphatic rings. The molecule has 0 radical (unpaired) electrons. The number of nitrogens with zero attached hydrogens (tertiary/aromatic N) is 5. The van der Waals surface area contributed by atoms with Crippen molar-refractivity contribution in [2.24, 2.45) is 0 Å². The van der Waals surface area contributed by atoms with Crippen molar-refractivity contribution in [3.8, 4) is 0 Å². The topological polar surface area (TPSA) is 86.7 Å². The summed E-state index contributed by atoms with van der Waals surface area (Å²) >= 11 is 1.60. The van der Waals surface area contributed by atoms with Crippen LogP contribution in [0.4, 0.5) is 5.82 Å². The molecule has 31 heavy (non-hydrogen) atoms. The van der Waals surface area contributed by atoms with Crippen LogP contribution < -0.4 is 4.90 Å². The van der Waals surface area contributed by atoms with E-state index >= 15 is 0 Å². The molecular weight excluding hydrogens is 414 g/mol. The van der Waals surface area contributed by atoms with E-state index in [9.17, 15) is 14.4 Å². The zero-order chi connectivity index (χ0) is 22.0. The molecule has 1 saturated heterocycles. The SMILES string of the molecule is CSCCC(C(=O)N1CCN(c2cc(C)ncn2)CC1)N1C(=O)c2ccccc2C1=O. The highest BCUT2D eigenvalue weighted by atomic mass is 32.2. The van der Waals surface area contributed by atoms with E-state index in [0.717, 1.165) is 11.5 Å². The normalized spacial score (nSPS) is 17.2. The quantitative estimate of drug-likeness (QED) is 0.635. The fourth-order valence-electron chi connectivity index (χ4n) is 4.06. The third-order valence-corrected chi connectivity index (χ3v) is 6.37. The first-order valence-corrected chi connectivity index (χ1v) is 11.7. The van der Waals surface area contributed by atoms with Gasteiger partial charge < -0.3 is 9.80 Å². The number of imide groups is 1. The summed E-state index contributed by atoms with van der Waals surface area (Å²) in [4.78, 5) is 52.9. The van der Waals surface area contributed by atoms with Crippen LogP contribution in [-0.4, -0.2) is 81.7 Å². The van der Waals surface area contributed by atoms with E-state index in [4.69, 9.17) is 0 Å². The molecular formula is C22H25N5O3S. The summed E-state index contributed by atoms with van der Waals surface area (Å²) in [5, 5.41) is 0. The first kappa shape index (κ1) is 21.3. The van der Waals surface area contributed by atoms with Crippen molar-refractivity contribution in [2.75, 3.05) is 43.1 Å². The maximum Gasteiger partial charge on any atom is 0.262 e. The zero-order valence-corrected chi connectivity index (χ0v) is 18.5. The molecule has 3 heterocycles. The number of carbonyl (C=O) groups excluding carboxylic acids is 3. The highest BCUT2D eigenvalue weighted by molar-refractivity contribution is 7.98. The number of aromatic nitrogens is 2. The minimum atomic E-state index is -0.785. The van der Waals surface area contributed by atoms with Crippen molar-refractivity contribution in [1.29, 1.82) is 0 Å². The molecule has 8 nitrogen and oxygen atoms in total. The predicted octanol–water partition coefficient (Wildman–Crippen LogP) is 1.85. The van der Waals surface area contributed by atoms with Gasteiger partial charge in [0.1, 0.15) is 18.2 Å². The predicted molar refractivity (Wildman–Crippen MR) is 119 cm³/mol. The second-order valence-electron chi connectivity index (χ2n) is 7.65. The van der Waals surface area contributed by atoms with E-state index in [-0.39, 0.29) is 17.7 Å². The number of fused-ring (bicyclic) bond motifs is 1. The monoisotopic (exact) mass is 439 g/mol. The molecule has 1 unspecified atom stereocenters. The average Bonchev–Trinajstić information content (AvgIpc) is 3.05. The fourth-order valence-corrected chi connectivity index (χ4v) is 4.52. The molecule has 162 valence electrons. The van der Waals surface area contributed by atoms with Crippen molar-refractivity contribution in [1.82, 2.24) is 19.8 Å². The number of anilines is 1. The lowest BCUT2D eigenvalue weighted by molar-refractivity contribution is -0.135. The average molecular weight is 440 g/mol. The zero-order valence-electron chi connectivity index (χ0n) is 17.7. The largest absolute Gasteiger partial charge is 0.353 e. The van der Waals surface area contributed by atoms with Gasteiger partial charge in [0.05, 0.1) is 11.1 Å². The molecule has 4 rings (SSSR count). The van der Waals surface area contributed by atoms with Crippen molar-refractivity contribution in [2.45, 2.75) is 19.4 Å². The van der Waals surface area contributed by atoms with Crippen LogP contribution in [0.15, 0.2) is 36.7 Å². The van der Waals surface area contributed by atoms with Gasteiger partial charge in [-0.2, -0.15) is 11.8 Å². The number of aryl methyl sites for hydroxylation is 1. The van der Waals surface area contributed by atoms with Crippen LogP contribution in [0.1, 0.15) is 32.8 Å². The van der Waals surface area contributed by atoms with Gasteiger partial charge in [-0.15, -0.1) is 0 Å². The van der Waals surface area contributed by atoms with Gasteiger partial charge in [-0.1, -0.05) is 12.1 Å². The maximum atomic E-state index is 13.5. The molecule has 2 aliphatic heterocycles. The van der Waals surface area contributed by atoms with Gasteiger partial charge >= 0.3 is 0 Å². The molecule has 3 amide bonds. The number of hydrogen-bond acceptors (Lipinski definition) is 7. The first-order valence-electron chi connectivity index (χ1n) is 10.3. The van der Waals surface area contributed by atoms with Crippen LogP contribution in [0.25, 0.3) is 0 Å². The fraction of sp³-hybridized carbons (Fsp3) is 0.409. The first-order chi connectivity index (χ1) is 15.0. The van der Waals surface area contributed by atoms with Gasteiger partial charge in [0.2, 0.25) is 5.91 Å². The van der Waals surface area contributed by atoms with Gasteiger partial charge in [-0.25, -0.2) is 9.97 Å². The molecule has 1 fully saturated rings. The second-order valence-corrected chi connectivity index (χ2v) is 8.64. The lowest BCUT2D eigenvalue weighted by Gasteiger charge is -2.38. The van der Waals surface area contributed by atoms with Crippen molar-refractivity contribution < 1.29 is 14.4 Å². The van der Waals surface area contributed by atoms with Crippen molar-refractivity contribution >= 4 is 35.3 Å². The Labute approximate surface area is 185 Å². The van der Waals surface area contributed by atoms with Gasteiger partial charge in [-0.05, 0) is 37.5 Å². The minimum Gasteiger partial charge on any atom is -0.353 e. The summed E-state index contributed by atoms with van der Waals surface area (Å²) in [7, 11) is 0. The Morgan fingerprint density at radius 3 is 2.29 bits per heavy atom. The van der Waals surface area contributed by atoms with E-state index in [2.05, 4.69) is 14.9 Å². The van der Waals surface area contributed by atoms with Crippen LogP contribution in [0.2, 0.25) is 0 Å². The van der Waals surface area contributed by atoms with Crippen LogP contribution in [-0.2, 0) is 4.79 Å². The Hall–Kier alpha value is -2.94. The highest BCUT2D eigenvalue weighted by Crippen LogP contribution is 2.27. The third kappa shape index (κ3) is 4.14. The van der Waals surface area contributed by atoms with Gasteiger partial charge in [0.25, 0.3) is 11.8 Å². The number of hydrogen-bond donors (Lipinski definition) is 0. The molecule has 0 saturated carbocycles. The molecule has 0 bridgehead atoms. The lowest BCUT2D eigenvalue weighted by atomic mass is 10.1. The van der Waals surface area contributed by atoms with E-state index < -0.39 is 6.04 Å². The Morgan fingerprint density at radius 1 is 1.06 bits per heavy atom. The van der Waals surface area contributed by atoms with E-state index in [0.29, 0.717) is 49.5 Å². The summed E-state index contributed by atoms with van der Waals surface area (Å²) < 4.78 is 0. The van der Waals surface area contributed by atoms with Gasteiger partial charge in [-0.3, -0.25) is 19.3 Å². The van der Waals surface area contributed by atoms with Crippen molar-refractivity contribution in [3.63, 3.8) is 0 Å². The number of carbonyl (C=O) groups is 3. The Morgan fingerprint density at radius 2 is 1.71 bits per heavy atom. The Bertz CT molecular complexity index is 971. The number of piperazine rings is 1.